The number of hydrogen-bond donors (Lipinski definition) is 1. The maximum Gasteiger partial charge on any atom is 0.235 e. The Morgan fingerprint density at radius 1 is 1.57 bits per heavy atom. The van der Waals surface area contributed by atoms with Crippen LogP contribution in [0.15, 0.2) is 18.5 Å². The number of hydrogen-bond acceptors (Lipinski definition) is 5. The number of nitrogens with zero attached hydrogens (tertiary/aromatic N) is 4. The summed E-state index contributed by atoms with van der Waals surface area (Å²) in [6.07, 6.45) is 5.72. The van der Waals surface area contributed by atoms with Crippen molar-refractivity contribution in [2.75, 3.05) is 26.2 Å². The Balaban J connectivity index is 1.49. The summed E-state index contributed by atoms with van der Waals surface area (Å²) in [4.78, 5) is 14.4. The van der Waals surface area contributed by atoms with Crippen molar-refractivity contribution >= 4 is 5.91 Å². The lowest BCUT2D eigenvalue weighted by Gasteiger charge is -2.33. The Morgan fingerprint density at radius 3 is 3.04 bits per heavy atom. The minimum atomic E-state index is -0.724. The molecule has 1 aromatic heterocycles. The highest BCUT2D eigenvalue weighted by Gasteiger charge is 2.43. The summed E-state index contributed by atoms with van der Waals surface area (Å²) in [5.74, 6) is 0.217. The number of ether oxygens (including phenoxy) is 1. The molecule has 3 rings (SSSR count). The molecule has 7 heteroatoms. The molecular weight excluding hydrogens is 294 g/mol. The van der Waals surface area contributed by atoms with Crippen LogP contribution < -0.4 is 5.32 Å². The van der Waals surface area contributed by atoms with E-state index in [1.165, 1.54) is 0 Å². The van der Waals surface area contributed by atoms with Gasteiger partial charge >= 0.3 is 0 Å². The predicted molar refractivity (Wildman–Crippen MR) is 83.3 cm³/mol. The van der Waals surface area contributed by atoms with Crippen LogP contribution in [0.5, 0.6) is 0 Å². The lowest BCUT2D eigenvalue weighted by atomic mass is 9.98. The maximum absolute atomic E-state index is 12.3. The largest absolute Gasteiger partial charge is 0.374 e. The van der Waals surface area contributed by atoms with Crippen LogP contribution >= 0.6 is 0 Å². The highest BCUT2D eigenvalue weighted by Crippen LogP contribution is 2.39. The van der Waals surface area contributed by atoms with Crippen molar-refractivity contribution < 1.29 is 9.53 Å². The molecule has 23 heavy (non-hydrogen) atoms. The molecule has 0 unspecified atom stereocenters. The van der Waals surface area contributed by atoms with Gasteiger partial charge in [-0.1, -0.05) is 0 Å². The first-order valence-electron chi connectivity index (χ1n) is 8.13. The van der Waals surface area contributed by atoms with E-state index in [1.54, 1.807) is 6.20 Å². The highest BCUT2D eigenvalue weighted by molar-refractivity contribution is 5.79. The van der Waals surface area contributed by atoms with Gasteiger partial charge in [-0.25, -0.2) is 0 Å². The molecule has 0 aromatic carbocycles. The molecule has 1 N–H and O–H groups in total. The molecule has 0 radical (unpaired) electrons. The van der Waals surface area contributed by atoms with E-state index in [0.717, 1.165) is 19.4 Å². The molecule has 1 aromatic rings. The van der Waals surface area contributed by atoms with E-state index in [1.807, 2.05) is 23.9 Å². The van der Waals surface area contributed by atoms with Crippen LogP contribution in [-0.2, 0) is 16.1 Å². The average molecular weight is 317 g/mol. The quantitative estimate of drug-likeness (QED) is 0.821. The van der Waals surface area contributed by atoms with Gasteiger partial charge in [-0.2, -0.15) is 10.4 Å². The smallest absolute Gasteiger partial charge is 0.235 e. The summed E-state index contributed by atoms with van der Waals surface area (Å²) in [6.45, 7) is 4.85. The fourth-order valence-corrected chi connectivity index (χ4v) is 3.07. The first kappa shape index (κ1) is 16.0. The Hall–Kier alpha value is -1.91. The number of carbonyl (C=O) groups is 1. The summed E-state index contributed by atoms with van der Waals surface area (Å²) < 4.78 is 7.59. The fourth-order valence-electron chi connectivity index (χ4n) is 3.07. The van der Waals surface area contributed by atoms with Crippen LogP contribution in [0.3, 0.4) is 0 Å². The van der Waals surface area contributed by atoms with Crippen molar-refractivity contribution in [3.8, 4) is 6.07 Å². The summed E-state index contributed by atoms with van der Waals surface area (Å²) in [5, 5.41) is 16.4. The lowest BCUT2D eigenvalue weighted by Crippen LogP contribution is -2.53. The average Bonchev–Trinajstić information content (AvgIpc) is 3.27. The topological polar surface area (TPSA) is 83.2 Å². The lowest BCUT2D eigenvalue weighted by molar-refractivity contribution is -0.125. The second-order valence-electron chi connectivity index (χ2n) is 6.59. The van der Waals surface area contributed by atoms with E-state index in [-0.39, 0.29) is 12.0 Å². The van der Waals surface area contributed by atoms with E-state index in [4.69, 9.17) is 4.74 Å². The molecule has 124 valence electrons. The monoisotopic (exact) mass is 317 g/mol. The van der Waals surface area contributed by atoms with Gasteiger partial charge in [0.05, 0.1) is 31.9 Å². The molecule has 0 spiro atoms. The number of nitrogens with one attached hydrogen (secondary N) is 1. The number of rotatable bonds is 6. The molecule has 1 amide bonds. The van der Waals surface area contributed by atoms with Gasteiger partial charge in [0.2, 0.25) is 5.91 Å². The van der Waals surface area contributed by atoms with E-state index in [2.05, 4.69) is 21.4 Å². The predicted octanol–water partition coefficient (Wildman–Crippen LogP) is 0.392. The normalized spacial score (nSPS) is 24.6. The highest BCUT2D eigenvalue weighted by atomic mass is 16.5. The number of carbonyl (C=O) groups excluding carboxylic acids is 1. The molecule has 1 aliphatic heterocycles. The summed E-state index contributed by atoms with van der Waals surface area (Å²) >= 11 is 0. The van der Waals surface area contributed by atoms with Gasteiger partial charge in [-0.3, -0.25) is 14.4 Å². The van der Waals surface area contributed by atoms with Gasteiger partial charge in [-0.15, -0.1) is 0 Å². The van der Waals surface area contributed by atoms with Crippen LogP contribution in [0.1, 0.15) is 19.8 Å². The van der Waals surface area contributed by atoms with Crippen LogP contribution in [0.4, 0.5) is 0 Å². The second-order valence-corrected chi connectivity index (χ2v) is 6.59. The maximum atomic E-state index is 12.3. The van der Waals surface area contributed by atoms with Gasteiger partial charge in [0.15, 0.2) is 0 Å². The number of amides is 1. The Morgan fingerprint density at radius 2 is 2.39 bits per heavy atom. The van der Waals surface area contributed by atoms with Crippen LogP contribution in [0, 0.1) is 17.2 Å². The van der Waals surface area contributed by atoms with Gasteiger partial charge < -0.3 is 10.1 Å². The fraction of sp³-hybridized carbons (Fsp3) is 0.688. The Kier molecular flexibility index (Phi) is 4.64. The third-order valence-corrected chi connectivity index (χ3v) is 4.57. The van der Waals surface area contributed by atoms with Crippen LogP contribution in [0.2, 0.25) is 0 Å². The number of morpholine rings is 1. The third kappa shape index (κ3) is 4.09. The Labute approximate surface area is 136 Å². The third-order valence-electron chi connectivity index (χ3n) is 4.57. The van der Waals surface area contributed by atoms with Crippen molar-refractivity contribution in [2.45, 2.75) is 38.0 Å². The molecule has 0 bridgehead atoms. The van der Waals surface area contributed by atoms with Crippen molar-refractivity contribution in [3.63, 3.8) is 0 Å². The van der Waals surface area contributed by atoms with Crippen LogP contribution in [-0.4, -0.2) is 58.5 Å². The van der Waals surface area contributed by atoms with Crippen molar-refractivity contribution in [3.05, 3.63) is 18.5 Å². The van der Waals surface area contributed by atoms with Crippen molar-refractivity contribution in [1.82, 2.24) is 20.0 Å². The number of aromatic nitrogens is 2. The Bertz CT molecular complexity index is 578. The van der Waals surface area contributed by atoms with Gasteiger partial charge in [0.25, 0.3) is 0 Å². The van der Waals surface area contributed by atoms with E-state index < -0.39 is 5.54 Å². The molecular formula is C16H23N5O2. The van der Waals surface area contributed by atoms with E-state index in [9.17, 15) is 10.1 Å². The molecule has 1 aliphatic carbocycles. The minimum absolute atomic E-state index is 0.0298. The van der Waals surface area contributed by atoms with Crippen molar-refractivity contribution in [2.24, 2.45) is 5.92 Å². The summed E-state index contributed by atoms with van der Waals surface area (Å²) in [5.41, 5.74) is -0.724. The molecule has 2 atom stereocenters. The van der Waals surface area contributed by atoms with Crippen molar-refractivity contribution in [1.29, 1.82) is 5.26 Å². The zero-order valence-corrected chi connectivity index (χ0v) is 13.4. The molecule has 2 fully saturated rings. The zero-order chi connectivity index (χ0) is 16.3. The SMILES string of the molecule is C[C@@](C#N)(NC(=O)CN1CCO[C@H](Cn2cccn2)C1)C1CC1. The van der Waals surface area contributed by atoms with Gasteiger partial charge in [-0.05, 0) is 31.7 Å². The van der Waals surface area contributed by atoms with Gasteiger partial charge in [0.1, 0.15) is 5.54 Å². The first-order chi connectivity index (χ1) is 11.1. The number of nitriles is 1. The van der Waals surface area contributed by atoms with E-state index in [0.29, 0.717) is 32.2 Å². The molecule has 1 saturated heterocycles. The van der Waals surface area contributed by atoms with Crippen LogP contribution in [0.25, 0.3) is 0 Å². The van der Waals surface area contributed by atoms with Gasteiger partial charge in [0, 0.05) is 25.5 Å². The molecule has 1 saturated carbocycles. The zero-order valence-electron chi connectivity index (χ0n) is 13.4. The molecule has 2 heterocycles. The first-order valence-corrected chi connectivity index (χ1v) is 8.13. The summed E-state index contributed by atoms with van der Waals surface area (Å²) in [7, 11) is 0. The second kappa shape index (κ2) is 6.69. The minimum Gasteiger partial charge on any atom is -0.374 e. The standard InChI is InChI=1S/C16H23N5O2/c1-16(12-17,13-3-4-13)19-15(22)11-20-7-8-23-14(9-20)10-21-6-2-5-18-21/h2,5-6,13-14H,3-4,7-11H2,1H3,(H,19,22)/t14-,16-/m0/s1. The molecule has 7 nitrogen and oxygen atoms in total. The van der Waals surface area contributed by atoms with E-state index >= 15 is 0 Å². The summed E-state index contributed by atoms with van der Waals surface area (Å²) in [6, 6.07) is 4.14. The molecule has 2 aliphatic rings.